The van der Waals surface area contributed by atoms with Crippen LogP contribution in [-0.2, 0) is 0 Å². The van der Waals surface area contributed by atoms with Crippen molar-refractivity contribution in [2.24, 2.45) is 0 Å². The van der Waals surface area contributed by atoms with Gasteiger partial charge in [-0.05, 0) is 30.3 Å². The van der Waals surface area contributed by atoms with Gasteiger partial charge in [-0.2, -0.15) is 0 Å². The van der Waals surface area contributed by atoms with E-state index in [9.17, 15) is 9.50 Å². The van der Waals surface area contributed by atoms with Crippen LogP contribution in [0.15, 0.2) is 48.8 Å². The molecule has 1 aromatic heterocycles. The second-order valence-electron chi connectivity index (χ2n) is 3.90. The minimum atomic E-state index is -0.346. The van der Waals surface area contributed by atoms with Gasteiger partial charge in [0.2, 0.25) is 0 Å². The first kappa shape index (κ1) is 10.7. The predicted octanol–water partition coefficient (Wildman–Crippen LogP) is 3.14. The Kier molecular flexibility index (Phi) is 2.41. The van der Waals surface area contributed by atoms with Crippen LogP contribution in [-0.4, -0.2) is 15.1 Å². The summed E-state index contributed by atoms with van der Waals surface area (Å²) in [5, 5.41) is 10.1. The van der Waals surface area contributed by atoms with Gasteiger partial charge in [-0.3, -0.25) is 0 Å². The average Bonchev–Trinajstić information content (AvgIpc) is 2.39. The van der Waals surface area contributed by atoms with Crippen LogP contribution in [0.4, 0.5) is 4.39 Å². The number of phenolic OH excluding ortho intramolecular Hbond substituents is 1. The molecule has 2 aromatic carbocycles. The number of halogens is 1. The molecule has 18 heavy (non-hydrogen) atoms. The Morgan fingerprint density at radius 1 is 1.00 bits per heavy atom. The van der Waals surface area contributed by atoms with E-state index < -0.39 is 0 Å². The fourth-order valence-electron chi connectivity index (χ4n) is 1.91. The summed E-state index contributed by atoms with van der Waals surface area (Å²) in [6.07, 6.45) is 1.39. The lowest BCUT2D eigenvalue weighted by Gasteiger charge is -2.06. The molecular weight excluding hydrogens is 231 g/mol. The first-order valence-electron chi connectivity index (χ1n) is 5.44. The second kappa shape index (κ2) is 4.07. The van der Waals surface area contributed by atoms with Crippen LogP contribution in [0.3, 0.4) is 0 Å². The molecule has 0 spiro atoms. The molecule has 0 saturated heterocycles. The van der Waals surface area contributed by atoms with Gasteiger partial charge in [0.15, 0.2) is 0 Å². The van der Waals surface area contributed by atoms with Gasteiger partial charge in [0.1, 0.15) is 17.9 Å². The van der Waals surface area contributed by atoms with Gasteiger partial charge in [0.05, 0.1) is 11.2 Å². The van der Waals surface area contributed by atoms with E-state index in [1.54, 1.807) is 30.3 Å². The van der Waals surface area contributed by atoms with E-state index in [-0.39, 0.29) is 11.6 Å². The lowest BCUT2D eigenvalue weighted by atomic mass is 10.1. The summed E-state index contributed by atoms with van der Waals surface area (Å²) in [5.74, 6) is -0.240. The molecule has 0 bridgehead atoms. The summed E-state index contributed by atoms with van der Waals surface area (Å²) in [6.45, 7) is 0. The van der Waals surface area contributed by atoms with Crippen LogP contribution < -0.4 is 0 Å². The molecule has 4 heteroatoms. The molecular formula is C14H9FN2O. The molecule has 3 nitrogen and oxygen atoms in total. The van der Waals surface area contributed by atoms with E-state index in [1.165, 1.54) is 18.5 Å². The summed E-state index contributed by atoms with van der Waals surface area (Å²) in [4.78, 5) is 8.21. The number of hydrogen-bond donors (Lipinski definition) is 1. The van der Waals surface area contributed by atoms with E-state index in [4.69, 9.17) is 0 Å². The molecule has 3 rings (SSSR count). The first-order chi connectivity index (χ1) is 8.75. The SMILES string of the molecule is Oc1ccc2ncnc(-c3ccccc3F)c2c1. The minimum Gasteiger partial charge on any atom is -0.508 e. The molecule has 88 valence electrons. The Labute approximate surface area is 103 Å². The van der Waals surface area contributed by atoms with Gasteiger partial charge in [0.25, 0.3) is 0 Å². The molecule has 0 saturated carbocycles. The summed E-state index contributed by atoms with van der Waals surface area (Å²) in [7, 11) is 0. The lowest BCUT2D eigenvalue weighted by Crippen LogP contribution is -1.91. The van der Waals surface area contributed by atoms with Crippen molar-refractivity contribution >= 4 is 10.9 Å². The Hall–Kier alpha value is -2.49. The topological polar surface area (TPSA) is 46.0 Å². The highest BCUT2D eigenvalue weighted by Gasteiger charge is 2.10. The molecule has 0 fully saturated rings. The molecule has 0 aliphatic heterocycles. The van der Waals surface area contributed by atoms with Crippen LogP contribution >= 0.6 is 0 Å². The number of rotatable bonds is 1. The predicted molar refractivity (Wildman–Crippen MR) is 66.6 cm³/mol. The number of aromatic hydroxyl groups is 1. The summed E-state index contributed by atoms with van der Waals surface area (Å²) < 4.78 is 13.8. The van der Waals surface area contributed by atoms with Gasteiger partial charge >= 0.3 is 0 Å². The van der Waals surface area contributed by atoms with Crippen molar-refractivity contribution in [2.75, 3.05) is 0 Å². The first-order valence-corrected chi connectivity index (χ1v) is 5.44. The van der Waals surface area contributed by atoms with E-state index in [1.807, 2.05) is 0 Å². The van der Waals surface area contributed by atoms with Crippen LogP contribution in [0.2, 0.25) is 0 Å². The number of nitrogens with zero attached hydrogens (tertiary/aromatic N) is 2. The van der Waals surface area contributed by atoms with Crippen molar-refractivity contribution in [3.05, 3.63) is 54.6 Å². The number of fused-ring (bicyclic) bond motifs is 1. The standard InChI is InChI=1S/C14H9FN2O/c15-12-4-2-1-3-10(12)14-11-7-9(18)5-6-13(11)16-8-17-14/h1-8,18H. The molecule has 0 radical (unpaired) electrons. The second-order valence-corrected chi connectivity index (χ2v) is 3.90. The van der Waals surface area contributed by atoms with Gasteiger partial charge in [0, 0.05) is 10.9 Å². The summed E-state index contributed by atoms with van der Waals surface area (Å²) in [6, 6.07) is 11.2. The molecule has 3 aromatic rings. The molecule has 0 unspecified atom stereocenters. The lowest BCUT2D eigenvalue weighted by molar-refractivity contribution is 0.476. The van der Waals surface area contributed by atoms with Gasteiger partial charge in [-0.15, -0.1) is 0 Å². The molecule has 0 atom stereocenters. The van der Waals surface area contributed by atoms with Crippen molar-refractivity contribution < 1.29 is 9.50 Å². The van der Waals surface area contributed by atoms with Crippen molar-refractivity contribution in [2.45, 2.75) is 0 Å². The number of benzene rings is 2. The number of phenols is 1. The summed E-state index contributed by atoms with van der Waals surface area (Å²) in [5.41, 5.74) is 1.55. The highest BCUT2D eigenvalue weighted by atomic mass is 19.1. The van der Waals surface area contributed by atoms with Crippen molar-refractivity contribution in [1.29, 1.82) is 0 Å². The molecule has 0 aliphatic rings. The third-order valence-corrected chi connectivity index (χ3v) is 2.75. The Balaban J connectivity index is 2.36. The molecule has 0 aliphatic carbocycles. The smallest absolute Gasteiger partial charge is 0.132 e. The zero-order valence-electron chi connectivity index (χ0n) is 9.34. The highest BCUT2D eigenvalue weighted by molar-refractivity contribution is 5.92. The monoisotopic (exact) mass is 240 g/mol. The van der Waals surface area contributed by atoms with E-state index in [0.29, 0.717) is 22.2 Å². The van der Waals surface area contributed by atoms with Crippen LogP contribution in [0.1, 0.15) is 0 Å². The van der Waals surface area contributed by atoms with E-state index in [0.717, 1.165) is 0 Å². The van der Waals surface area contributed by atoms with Crippen LogP contribution in [0.5, 0.6) is 5.75 Å². The largest absolute Gasteiger partial charge is 0.508 e. The van der Waals surface area contributed by atoms with Gasteiger partial charge < -0.3 is 5.11 Å². The van der Waals surface area contributed by atoms with Crippen molar-refractivity contribution in [3.63, 3.8) is 0 Å². The average molecular weight is 240 g/mol. The quantitative estimate of drug-likeness (QED) is 0.710. The van der Waals surface area contributed by atoms with Gasteiger partial charge in [-0.25, -0.2) is 14.4 Å². The maximum absolute atomic E-state index is 13.8. The third kappa shape index (κ3) is 1.68. The van der Waals surface area contributed by atoms with Gasteiger partial charge in [-0.1, -0.05) is 12.1 Å². The zero-order chi connectivity index (χ0) is 12.5. The highest BCUT2D eigenvalue weighted by Crippen LogP contribution is 2.29. The zero-order valence-corrected chi connectivity index (χ0v) is 9.34. The molecule has 1 N–H and O–H groups in total. The van der Waals surface area contributed by atoms with Crippen LogP contribution in [0.25, 0.3) is 22.2 Å². The normalized spacial score (nSPS) is 10.7. The minimum absolute atomic E-state index is 0.106. The van der Waals surface area contributed by atoms with E-state index in [2.05, 4.69) is 9.97 Å². The summed E-state index contributed by atoms with van der Waals surface area (Å²) >= 11 is 0. The Morgan fingerprint density at radius 3 is 2.67 bits per heavy atom. The third-order valence-electron chi connectivity index (χ3n) is 2.75. The fourth-order valence-corrected chi connectivity index (χ4v) is 1.91. The maximum atomic E-state index is 13.8. The van der Waals surface area contributed by atoms with E-state index >= 15 is 0 Å². The Bertz CT molecular complexity index is 728. The van der Waals surface area contributed by atoms with Crippen molar-refractivity contribution in [1.82, 2.24) is 9.97 Å². The van der Waals surface area contributed by atoms with Crippen LogP contribution in [0, 0.1) is 5.82 Å². The Morgan fingerprint density at radius 2 is 1.83 bits per heavy atom. The van der Waals surface area contributed by atoms with Crippen molar-refractivity contribution in [3.8, 4) is 17.0 Å². The maximum Gasteiger partial charge on any atom is 0.132 e. The number of hydrogen-bond acceptors (Lipinski definition) is 3. The number of aromatic nitrogens is 2. The molecule has 0 amide bonds. The molecule has 1 heterocycles. The fraction of sp³-hybridized carbons (Fsp3) is 0.